The third-order valence-electron chi connectivity index (χ3n) is 4.24. The average molecular weight is 363 g/mol. The number of piperazine rings is 1. The molecule has 1 saturated heterocycles. The molecule has 0 aliphatic carbocycles. The van der Waals surface area contributed by atoms with Gasteiger partial charge in [0.15, 0.2) is 0 Å². The van der Waals surface area contributed by atoms with E-state index in [0.29, 0.717) is 18.3 Å². The number of rotatable bonds is 5. The SMILES string of the molecule is CC1CN(c2ccc([N+](=O)[O-])c(NCc3ccccc3)c2)CCN1.Cl. The van der Waals surface area contributed by atoms with E-state index < -0.39 is 0 Å². The van der Waals surface area contributed by atoms with E-state index in [2.05, 4.69) is 22.5 Å². The molecule has 1 aliphatic heterocycles. The van der Waals surface area contributed by atoms with Crippen molar-refractivity contribution in [2.45, 2.75) is 19.5 Å². The molecule has 0 bridgehead atoms. The first kappa shape index (κ1) is 19.0. The van der Waals surface area contributed by atoms with Crippen LogP contribution in [0.4, 0.5) is 17.1 Å². The Kier molecular flexibility index (Phi) is 6.61. The van der Waals surface area contributed by atoms with Gasteiger partial charge in [-0.1, -0.05) is 30.3 Å². The topological polar surface area (TPSA) is 70.4 Å². The van der Waals surface area contributed by atoms with Gasteiger partial charge in [0.2, 0.25) is 0 Å². The monoisotopic (exact) mass is 362 g/mol. The molecule has 0 radical (unpaired) electrons. The summed E-state index contributed by atoms with van der Waals surface area (Å²) in [6, 6.07) is 15.6. The maximum Gasteiger partial charge on any atom is 0.292 e. The number of nitro groups is 1. The fraction of sp³-hybridized carbons (Fsp3) is 0.333. The highest BCUT2D eigenvalue weighted by molar-refractivity contribution is 5.85. The summed E-state index contributed by atoms with van der Waals surface area (Å²) >= 11 is 0. The van der Waals surface area contributed by atoms with Gasteiger partial charge >= 0.3 is 0 Å². The van der Waals surface area contributed by atoms with Gasteiger partial charge in [0.1, 0.15) is 5.69 Å². The molecule has 1 fully saturated rings. The summed E-state index contributed by atoms with van der Waals surface area (Å²) in [7, 11) is 0. The van der Waals surface area contributed by atoms with Crippen molar-refractivity contribution >= 4 is 29.5 Å². The van der Waals surface area contributed by atoms with Gasteiger partial charge in [-0.3, -0.25) is 10.1 Å². The van der Waals surface area contributed by atoms with Gasteiger partial charge < -0.3 is 15.5 Å². The summed E-state index contributed by atoms with van der Waals surface area (Å²) in [5.41, 5.74) is 2.78. The molecule has 1 heterocycles. The zero-order chi connectivity index (χ0) is 16.9. The Balaban J connectivity index is 0.00000225. The zero-order valence-corrected chi connectivity index (χ0v) is 15.0. The molecule has 2 N–H and O–H groups in total. The fourth-order valence-corrected chi connectivity index (χ4v) is 2.98. The Bertz CT molecular complexity index is 711. The fourth-order valence-electron chi connectivity index (χ4n) is 2.98. The molecule has 0 amide bonds. The Labute approximate surface area is 153 Å². The lowest BCUT2D eigenvalue weighted by atomic mass is 10.1. The molecular weight excluding hydrogens is 340 g/mol. The van der Waals surface area contributed by atoms with Crippen LogP contribution in [-0.2, 0) is 6.54 Å². The zero-order valence-electron chi connectivity index (χ0n) is 14.1. The van der Waals surface area contributed by atoms with E-state index in [4.69, 9.17) is 0 Å². The highest BCUT2D eigenvalue weighted by atomic mass is 35.5. The predicted octanol–water partition coefficient (Wildman–Crippen LogP) is 3.43. The summed E-state index contributed by atoms with van der Waals surface area (Å²) in [5, 5.41) is 17.9. The van der Waals surface area contributed by atoms with Crippen molar-refractivity contribution in [3.05, 3.63) is 64.2 Å². The number of hydrogen-bond acceptors (Lipinski definition) is 5. The average Bonchev–Trinajstić information content (AvgIpc) is 2.60. The van der Waals surface area contributed by atoms with Gasteiger partial charge in [0.05, 0.1) is 4.92 Å². The van der Waals surface area contributed by atoms with E-state index in [1.165, 1.54) is 0 Å². The predicted molar refractivity (Wildman–Crippen MR) is 104 cm³/mol. The molecular formula is C18H23ClN4O2. The van der Waals surface area contributed by atoms with E-state index in [9.17, 15) is 10.1 Å². The van der Waals surface area contributed by atoms with E-state index >= 15 is 0 Å². The van der Waals surface area contributed by atoms with Crippen molar-refractivity contribution in [2.75, 3.05) is 29.9 Å². The first-order chi connectivity index (χ1) is 11.6. The molecule has 0 saturated carbocycles. The maximum absolute atomic E-state index is 11.3. The van der Waals surface area contributed by atoms with Crippen LogP contribution in [0.3, 0.4) is 0 Å². The van der Waals surface area contributed by atoms with Crippen LogP contribution in [0.2, 0.25) is 0 Å². The van der Waals surface area contributed by atoms with Gasteiger partial charge in [0, 0.05) is 44.0 Å². The third-order valence-corrected chi connectivity index (χ3v) is 4.24. The van der Waals surface area contributed by atoms with E-state index in [-0.39, 0.29) is 23.0 Å². The van der Waals surface area contributed by atoms with Crippen LogP contribution >= 0.6 is 12.4 Å². The highest BCUT2D eigenvalue weighted by Crippen LogP contribution is 2.30. The molecule has 0 aromatic heterocycles. The van der Waals surface area contributed by atoms with Crippen LogP contribution in [0.5, 0.6) is 0 Å². The Morgan fingerprint density at radius 3 is 2.72 bits per heavy atom. The lowest BCUT2D eigenvalue weighted by molar-refractivity contribution is -0.384. The van der Waals surface area contributed by atoms with Gasteiger partial charge in [-0.2, -0.15) is 0 Å². The van der Waals surface area contributed by atoms with E-state index in [1.807, 2.05) is 42.5 Å². The van der Waals surface area contributed by atoms with Gasteiger partial charge in [-0.25, -0.2) is 0 Å². The van der Waals surface area contributed by atoms with Crippen LogP contribution < -0.4 is 15.5 Å². The maximum atomic E-state index is 11.3. The molecule has 2 aromatic rings. The van der Waals surface area contributed by atoms with Crippen LogP contribution in [0.15, 0.2) is 48.5 Å². The number of nitro benzene ring substituents is 1. The number of nitrogens with one attached hydrogen (secondary N) is 2. The molecule has 6 nitrogen and oxygen atoms in total. The lowest BCUT2D eigenvalue weighted by Crippen LogP contribution is -2.49. The summed E-state index contributed by atoms with van der Waals surface area (Å²) in [6.45, 7) is 5.43. The molecule has 3 rings (SSSR count). The molecule has 1 unspecified atom stereocenters. The minimum absolute atomic E-state index is 0. The van der Waals surface area contributed by atoms with Crippen molar-refractivity contribution in [2.24, 2.45) is 0 Å². The van der Waals surface area contributed by atoms with Gasteiger partial charge in [-0.05, 0) is 24.6 Å². The standard InChI is InChI=1S/C18H22N4O2.ClH/c1-14-13-21(10-9-19-14)16-7-8-18(22(23)24)17(11-16)20-12-15-5-3-2-4-6-15;/h2-8,11,14,19-20H,9-10,12-13H2,1H3;1H. The second kappa shape index (κ2) is 8.69. The molecule has 1 atom stereocenters. The van der Waals surface area contributed by atoms with Crippen LogP contribution in [0, 0.1) is 10.1 Å². The van der Waals surface area contributed by atoms with Crippen LogP contribution in [0.1, 0.15) is 12.5 Å². The highest BCUT2D eigenvalue weighted by Gasteiger charge is 2.20. The summed E-state index contributed by atoms with van der Waals surface area (Å²) < 4.78 is 0. The second-order valence-corrected chi connectivity index (χ2v) is 6.10. The molecule has 25 heavy (non-hydrogen) atoms. The summed E-state index contributed by atoms with van der Waals surface area (Å²) in [6.07, 6.45) is 0. The lowest BCUT2D eigenvalue weighted by Gasteiger charge is -2.33. The van der Waals surface area contributed by atoms with Crippen molar-refractivity contribution in [1.82, 2.24) is 5.32 Å². The van der Waals surface area contributed by atoms with Gasteiger partial charge in [0.25, 0.3) is 5.69 Å². The smallest absolute Gasteiger partial charge is 0.292 e. The quantitative estimate of drug-likeness (QED) is 0.630. The molecule has 134 valence electrons. The third kappa shape index (κ3) is 4.84. The second-order valence-electron chi connectivity index (χ2n) is 6.10. The Morgan fingerprint density at radius 1 is 1.28 bits per heavy atom. The molecule has 2 aromatic carbocycles. The van der Waals surface area contributed by atoms with E-state index in [0.717, 1.165) is 30.9 Å². The van der Waals surface area contributed by atoms with Crippen molar-refractivity contribution in [3.8, 4) is 0 Å². The van der Waals surface area contributed by atoms with Gasteiger partial charge in [-0.15, -0.1) is 12.4 Å². The molecule has 7 heteroatoms. The van der Waals surface area contributed by atoms with Crippen molar-refractivity contribution in [1.29, 1.82) is 0 Å². The van der Waals surface area contributed by atoms with Crippen molar-refractivity contribution in [3.63, 3.8) is 0 Å². The number of halogens is 1. The molecule has 0 spiro atoms. The minimum Gasteiger partial charge on any atom is -0.375 e. The Morgan fingerprint density at radius 2 is 2.04 bits per heavy atom. The minimum atomic E-state index is -0.336. The van der Waals surface area contributed by atoms with E-state index in [1.54, 1.807) is 6.07 Å². The molecule has 1 aliphatic rings. The summed E-state index contributed by atoms with van der Waals surface area (Å²) in [4.78, 5) is 13.2. The Hall–Kier alpha value is -2.31. The first-order valence-corrected chi connectivity index (χ1v) is 8.18. The largest absolute Gasteiger partial charge is 0.375 e. The van der Waals surface area contributed by atoms with Crippen molar-refractivity contribution < 1.29 is 4.92 Å². The normalized spacial score (nSPS) is 16.8. The van der Waals surface area contributed by atoms with Crippen LogP contribution in [0.25, 0.3) is 0 Å². The van der Waals surface area contributed by atoms with Crippen LogP contribution in [-0.4, -0.2) is 30.6 Å². The number of anilines is 2. The number of nitrogens with zero attached hydrogens (tertiary/aromatic N) is 2. The summed E-state index contributed by atoms with van der Waals surface area (Å²) in [5.74, 6) is 0. The first-order valence-electron chi connectivity index (χ1n) is 8.18. The number of benzene rings is 2. The number of hydrogen-bond donors (Lipinski definition) is 2.